The number of nitrogens with one attached hydrogen (secondary N) is 1. The van der Waals surface area contributed by atoms with E-state index in [1.165, 1.54) is 13.2 Å². The lowest BCUT2D eigenvalue weighted by molar-refractivity contribution is -0.529. The number of rotatable bonds is 7. The lowest BCUT2D eigenvalue weighted by Gasteiger charge is -2.36. The van der Waals surface area contributed by atoms with Crippen molar-refractivity contribution in [3.05, 3.63) is 52.9 Å². The van der Waals surface area contributed by atoms with Gasteiger partial charge in [-0.05, 0) is 24.3 Å². The molecule has 2 aromatic rings. The number of nitrogens with zero attached hydrogens (tertiary/aromatic N) is 3. The molecule has 0 saturated carbocycles. The van der Waals surface area contributed by atoms with Crippen LogP contribution >= 0.6 is 0 Å². The predicted octanol–water partition coefficient (Wildman–Crippen LogP) is 3.17. The third-order valence-corrected chi connectivity index (χ3v) is 5.92. The van der Waals surface area contributed by atoms with E-state index >= 15 is 0 Å². The fraction of sp³-hybridized carbons (Fsp3) is 0.435. The largest absolute Gasteiger partial charge is 0.497 e. The SMILES string of the molecule is COc1ccc2c(c1)OC(CCNC(=O)CN1CCN(c3cccc(C(F)(F)F)c3)CC1)[N+]2=O. The number of anilines is 1. The summed E-state index contributed by atoms with van der Waals surface area (Å²) >= 11 is 0. The maximum Gasteiger partial charge on any atom is 0.416 e. The number of fused-ring (bicyclic) bond motifs is 1. The summed E-state index contributed by atoms with van der Waals surface area (Å²) in [5, 5.41) is 2.80. The van der Waals surface area contributed by atoms with Gasteiger partial charge in [0, 0.05) is 55.5 Å². The summed E-state index contributed by atoms with van der Waals surface area (Å²) in [5.74, 6) is 0.862. The van der Waals surface area contributed by atoms with Crippen molar-refractivity contribution >= 4 is 17.3 Å². The van der Waals surface area contributed by atoms with Crippen molar-refractivity contribution in [2.24, 2.45) is 0 Å². The molecule has 1 N–H and O–H groups in total. The van der Waals surface area contributed by atoms with Gasteiger partial charge in [-0.1, -0.05) is 6.07 Å². The van der Waals surface area contributed by atoms with Crippen LogP contribution in [0.15, 0.2) is 42.5 Å². The number of ether oxygens (including phenoxy) is 2. The van der Waals surface area contributed by atoms with Crippen LogP contribution in [0.25, 0.3) is 0 Å². The molecule has 1 atom stereocenters. The molecule has 0 aromatic heterocycles. The van der Waals surface area contributed by atoms with Gasteiger partial charge in [0.05, 0.1) is 30.4 Å². The van der Waals surface area contributed by atoms with Crippen LogP contribution in [0.4, 0.5) is 24.5 Å². The summed E-state index contributed by atoms with van der Waals surface area (Å²) in [7, 11) is 1.53. The van der Waals surface area contributed by atoms with Crippen LogP contribution in [0.2, 0.25) is 0 Å². The third kappa shape index (κ3) is 5.41. The smallest absolute Gasteiger partial charge is 0.416 e. The first kappa shape index (κ1) is 23.8. The van der Waals surface area contributed by atoms with Crippen molar-refractivity contribution in [2.75, 3.05) is 51.3 Å². The van der Waals surface area contributed by atoms with E-state index in [1.807, 2.05) is 9.80 Å². The Bertz CT molecular complexity index is 1050. The molecule has 1 saturated heterocycles. The summed E-state index contributed by atoms with van der Waals surface area (Å²) < 4.78 is 50.5. The van der Waals surface area contributed by atoms with Crippen molar-refractivity contribution in [1.29, 1.82) is 0 Å². The fourth-order valence-electron chi connectivity index (χ4n) is 4.06. The van der Waals surface area contributed by atoms with Gasteiger partial charge in [-0.25, -0.2) is 0 Å². The zero-order chi connectivity index (χ0) is 24.3. The second kappa shape index (κ2) is 9.88. The molecule has 2 aliphatic heterocycles. The Morgan fingerprint density at radius 3 is 2.65 bits per heavy atom. The van der Waals surface area contributed by atoms with Crippen molar-refractivity contribution in [3.63, 3.8) is 0 Å². The van der Waals surface area contributed by atoms with Crippen LogP contribution in [0.1, 0.15) is 12.0 Å². The van der Waals surface area contributed by atoms with Gasteiger partial charge >= 0.3 is 18.1 Å². The molecule has 2 heterocycles. The molecule has 8 nitrogen and oxygen atoms in total. The fourth-order valence-corrected chi connectivity index (χ4v) is 4.06. The van der Waals surface area contributed by atoms with Crippen molar-refractivity contribution < 1.29 is 32.2 Å². The second-order valence-corrected chi connectivity index (χ2v) is 8.18. The zero-order valence-electron chi connectivity index (χ0n) is 18.7. The van der Waals surface area contributed by atoms with E-state index in [0.717, 1.165) is 16.9 Å². The topological polar surface area (TPSA) is 74.1 Å². The molecule has 1 unspecified atom stereocenters. The maximum atomic E-state index is 13.0. The molecule has 2 aliphatic rings. The third-order valence-electron chi connectivity index (χ3n) is 5.92. The molecule has 1 fully saturated rings. The Kier molecular flexibility index (Phi) is 6.92. The van der Waals surface area contributed by atoms with Crippen LogP contribution in [-0.2, 0) is 11.0 Å². The van der Waals surface area contributed by atoms with Gasteiger partial charge in [0.25, 0.3) is 0 Å². The number of halogens is 3. The maximum absolute atomic E-state index is 13.0. The first-order chi connectivity index (χ1) is 16.2. The lowest BCUT2D eigenvalue weighted by Crippen LogP contribution is -2.49. The second-order valence-electron chi connectivity index (χ2n) is 8.18. The number of nitroso groups, excluding NO2 is 1. The number of methoxy groups -OCH3 is 1. The molecule has 0 aliphatic carbocycles. The quantitative estimate of drug-likeness (QED) is 0.615. The van der Waals surface area contributed by atoms with E-state index < -0.39 is 18.0 Å². The summed E-state index contributed by atoms with van der Waals surface area (Å²) in [6.45, 7) is 2.62. The van der Waals surface area contributed by atoms with E-state index in [1.54, 1.807) is 24.3 Å². The van der Waals surface area contributed by atoms with Gasteiger partial charge in [0.1, 0.15) is 5.75 Å². The molecule has 0 radical (unpaired) electrons. The molecular formula is C23H26F3N4O4+. The summed E-state index contributed by atoms with van der Waals surface area (Å²) in [5.41, 5.74) is 0.281. The minimum absolute atomic E-state index is 0.179. The van der Waals surface area contributed by atoms with E-state index in [4.69, 9.17) is 9.47 Å². The average Bonchev–Trinajstić information content (AvgIpc) is 3.13. The summed E-state index contributed by atoms with van der Waals surface area (Å²) in [4.78, 5) is 28.5. The van der Waals surface area contributed by atoms with Crippen molar-refractivity contribution in [2.45, 2.75) is 18.8 Å². The Hall–Kier alpha value is -3.34. The van der Waals surface area contributed by atoms with E-state index in [2.05, 4.69) is 5.32 Å². The molecule has 0 spiro atoms. The predicted molar refractivity (Wildman–Crippen MR) is 118 cm³/mol. The van der Waals surface area contributed by atoms with Gasteiger partial charge in [-0.15, -0.1) is 0 Å². The number of hydrogen-bond acceptors (Lipinski definition) is 6. The molecule has 11 heteroatoms. The molecule has 0 bridgehead atoms. The normalized spacial score (nSPS) is 18.4. The van der Waals surface area contributed by atoms with Crippen LogP contribution in [0, 0.1) is 4.91 Å². The number of carbonyl (C=O) groups is 1. The highest BCUT2D eigenvalue weighted by Gasteiger charge is 2.40. The average molecular weight is 479 g/mol. The molecule has 2 aromatic carbocycles. The molecule has 182 valence electrons. The zero-order valence-corrected chi connectivity index (χ0v) is 18.7. The highest BCUT2D eigenvalue weighted by molar-refractivity contribution is 5.78. The highest BCUT2D eigenvalue weighted by Crippen LogP contribution is 2.38. The van der Waals surface area contributed by atoms with E-state index in [0.29, 0.717) is 55.5 Å². The van der Waals surface area contributed by atoms with Crippen LogP contribution in [0.3, 0.4) is 0 Å². The Labute approximate surface area is 194 Å². The van der Waals surface area contributed by atoms with E-state index in [9.17, 15) is 22.9 Å². The summed E-state index contributed by atoms with van der Waals surface area (Å²) in [6, 6.07) is 10.3. The minimum Gasteiger partial charge on any atom is -0.497 e. The number of piperazine rings is 1. The highest BCUT2D eigenvalue weighted by atomic mass is 19.4. The Morgan fingerprint density at radius 1 is 1.18 bits per heavy atom. The molecule has 34 heavy (non-hydrogen) atoms. The first-order valence-corrected chi connectivity index (χ1v) is 11.0. The Morgan fingerprint density at radius 2 is 1.94 bits per heavy atom. The molecule has 1 amide bonds. The summed E-state index contributed by atoms with van der Waals surface area (Å²) in [6.07, 6.45) is -4.79. The van der Waals surface area contributed by atoms with Crippen molar-refractivity contribution in [1.82, 2.24) is 10.2 Å². The molecule has 4 rings (SSSR count). The van der Waals surface area contributed by atoms with Gasteiger partial charge in [-0.3, -0.25) is 9.69 Å². The van der Waals surface area contributed by atoms with Crippen LogP contribution in [-0.4, -0.2) is 68.2 Å². The number of alkyl halides is 3. The van der Waals surface area contributed by atoms with Gasteiger partial charge in [0.15, 0.2) is 0 Å². The van der Waals surface area contributed by atoms with Gasteiger partial charge < -0.3 is 19.7 Å². The standard InChI is InChI=1S/C23H25F3N4O4/c1-33-18-5-6-19-20(14-18)34-22(30(19)32)7-8-27-21(31)15-28-9-11-29(12-10-28)17-4-2-3-16(13-17)23(24,25)26/h2-6,13-14,22H,7-12,15H2,1H3/p+1. The Balaban J connectivity index is 1.19. The van der Waals surface area contributed by atoms with Gasteiger partial charge in [-0.2, -0.15) is 13.2 Å². The van der Waals surface area contributed by atoms with Gasteiger partial charge in [0.2, 0.25) is 11.7 Å². The number of hydrogen-bond donors (Lipinski definition) is 1. The monoisotopic (exact) mass is 479 g/mol. The number of benzene rings is 2. The van der Waals surface area contributed by atoms with Crippen LogP contribution in [0.5, 0.6) is 11.5 Å². The van der Waals surface area contributed by atoms with Crippen LogP contribution < -0.4 is 19.7 Å². The van der Waals surface area contributed by atoms with E-state index in [-0.39, 0.29) is 19.0 Å². The molecular weight excluding hydrogens is 453 g/mol. The number of amides is 1. The minimum atomic E-state index is -4.38. The number of carbonyl (C=O) groups excluding carboxylic acids is 1. The lowest BCUT2D eigenvalue weighted by atomic mass is 10.1. The first-order valence-electron chi connectivity index (χ1n) is 11.0. The van der Waals surface area contributed by atoms with Crippen molar-refractivity contribution in [3.8, 4) is 11.5 Å².